The maximum absolute atomic E-state index is 11.5. The Balaban J connectivity index is 2.31. The molecule has 0 aliphatic heterocycles. The van der Waals surface area contributed by atoms with Gasteiger partial charge < -0.3 is 15.2 Å². The van der Waals surface area contributed by atoms with Gasteiger partial charge in [0.2, 0.25) is 0 Å². The third-order valence-corrected chi connectivity index (χ3v) is 3.16. The first kappa shape index (κ1) is 16.9. The van der Waals surface area contributed by atoms with Gasteiger partial charge in [-0.05, 0) is 13.3 Å². The zero-order valence-corrected chi connectivity index (χ0v) is 12.4. The highest BCUT2D eigenvalue weighted by molar-refractivity contribution is 7.15. The normalized spacial score (nSPS) is 9.95. The Labute approximate surface area is 125 Å². The first-order chi connectivity index (χ1) is 10.0. The maximum atomic E-state index is 11.5. The predicted octanol–water partition coefficient (Wildman–Crippen LogP) is 1.23. The van der Waals surface area contributed by atoms with Crippen LogP contribution in [0.1, 0.15) is 24.6 Å². The molecule has 0 bridgehead atoms. The lowest BCUT2D eigenvalue weighted by molar-refractivity contribution is -0.142. The number of carboxylic acids is 1. The molecular formula is C12H17N3O5S. The number of anilines is 1. The van der Waals surface area contributed by atoms with Gasteiger partial charge in [-0.3, -0.25) is 14.9 Å². The van der Waals surface area contributed by atoms with Gasteiger partial charge in [0.25, 0.3) is 0 Å². The number of nitrogens with zero attached hydrogens (tertiary/aromatic N) is 1. The summed E-state index contributed by atoms with van der Waals surface area (Å²) in [6.45, 7) is 2.31. The topological polar surface area (TPSA) is 118 Å². The van der Waals surface area contributed by atoms with Gasteiger partial charge in [-0.2, -0.15) is 0 Å². The molecule has 0 aliphatic rings. The number of aromatic nitrogens is 1. The van der Waals surface area contributed by atoms with Crippen molar-refractivity contribution in [1.82, 2.24) is 10.3 Å². The van der Waals surface area contributed by atoms with Crippen LogP contribution in [0.25, 0.3) is 0 Å². The highest BCUT2D eigenvalue weighted by Gasteiger charge is 2.10. The van der Waals surface area contributed by atoms with E-state index in [-0.39, 0.29) is 25.4 Å². The molecule has 0 saturated carbocycles. The summed E-state index contributed by atoms with van der Waals surface area (Å²) < 4.78 is 4.81. The van der Waals surface area contributed by atoms with E-state index in [0.29, 0.717) is 23.0 Å². The number of esters is 1. The minimum absolute atomic E-state index is 0.00121. The van der Waals surface area contributed by atoms with Crippen LogP contribution in [0.5, 0.6) is 0 Å². The number of urea groups is 1. The second-order valence-corrected chi connectivity index (χ2v) is 5.11. The molecule has 0 fully saturated rings. The van der Waals surface area contributed by atoms with Crippen molar-refractivity contribution in [3.8, 4) is 0 Å². The quantitative estimate of drug-likeness (QED) is 0.490. The molecule has 8 nitrogen and oxygen atoms in total. The smallest absolute Gasteiger partial charge is 0.321 e. The van der Waals surface area contributed by atoms with Gasteiger partial charge in [-0.1, -0.05) is 0 Å². The van der Waals surface area contributed by atoms with E-state index in [9.17, 15) is 14.4 Å². The van der Waals surface area contributed by atoms with Crippen molar-refractivity contribution >= 4 is 34.4 Å². The Kier molecular flexibility index (Phi) is 7.16. The van der Waals surface area contributed by atoms with Crippen LogP contribution >= 0.6 is 11.3 Å². The Hall–Kier alpha value is -2.16. The van der Waals surface area contributed by atoms with E-state index >= 15 is 0 Å². The molecule has 1 aromatic rings. The Morgan fingerprint density at radius 2 is 2.19 bits per heavy atom. The molecule has 3 N–H and O–H groups in total. The molecule has 1 heterocycles. The fraction of sp³-hybridized carbons (Fsp3) is 0.500. The van der Waals surface area contributed by atoms with Crippen molar-refractivity contribution in [3.05, 3.63) is 11.1 Å². The van der Waals surface area contributed by atoms with Gasteiger partial charge in [-0.15, -0.1) is 11.3 Å². The summed E-state index contributed by atoms with van der Waals surface area (Å²) in [5.74, 6) is -1.24. The molecule has 0 saturated heterocycles. The van der Waals surface area contributed by atoms with Crippen molar-refractivity contribution < 1.29 is 24.2 Å². The van der Waals surface area contributed by atoms with Crippen LogP contribution in [0.4, 0.5) is 9.93 Å². The number of carbonyl (C=O) groups is 3. The van der Waals surface area contributed by atoms with Crippen LogP contribution < -0.4 is 10.6 Å². The summed E-state index contributed by atoms with van der Waals surface area (Å²) in [7, 11) is 0. The van der Waals surface area contributed by atoms with E-state index < -0.39 is 12.0 Å². The van der Waals surface area contributed by atoms with Crippen LogP contribution in [0.3, 0.4) is 0 Å². The van der Waals surface area contributed by atoms with Crippen molar-refractivity contribution in [2.24, 2.45) is 0 Å². The van der Waals surface area contributed by atoms with Gasteiger partial charge in [-0.25, -0.2) is 9.78 Å². The van der Waals surface area contributed by atoms with E-state index in [1.54, 1.807) is 6.92 Å². The van der Waals surface area contributed by atoms with Crippen molar-refractivity contribution in [3.63, 3.8) is 0 Å². The lowest BCUT2D eigenvalue weighted by atomic mass is 10.3. The fourth-order valence-corrected chi connectivity index (χ4v) is 2.18. The summed E-state index contributed by atoms with van der Waals surface area (Å²) in [5.41, 5.74) is 0. The number of carbonyl (C=O) groups excluding carboxylic acids is 2. The van der Waals surface area contributed by atoms with Gasteiger partial charge in [0.05, 0.1) is 13.0 Å². The summed E-state index contributed by atoms with van der Waals surface area (Å²) in [6.07, 6.45) is 1.98. The number of hydrogen-bond acceptors (Lipinski definition) is 6. The molecule has 0 aliphatic carbocycles. The number of aliphatic carboxylic acids is 1. The SMILES string of the molecule is CCOC(=O)Cc1cnc(NC(=O)NCCCC(=O)O)s1. The average Bonchev–Trinajstić information content (AvgIpc) is 2.82. The van der Waals surface area contributed by atoms with Crippen LogP contribution in [0.15, 0.2) is 6.20 Å². The van der Waals surface area contributed by atoms with Crippen LogP contribution in [-0.2, 0) is 20.7 Å². The summed E-state index contributed by atoms with van der Waals surface area (Å²) in [5, 5.41) is 13.9. The standard InChI is InChI=1S/C12H17N3O5S/c1-2-20-10(18)6-8-7-14-12(21-8)15-11(19)13-5-3-4-9(16)17/h7H,2-6H2,1H3,(H,16,17)(H2,13,14,15,19). The molecule has 0 unspecified atom stereocenters. The van der Waals surface area contributed by atoms with Gasteiger partial charge in [0.15, 0.2) is 5.13 Å². The first-order valence-electron chi connectivity index (χ1n) is 6.38. The number of ether oxygens (including phenoxy) is 1. The second-order valence-electron chi connectivity index (χ2n) is 3.99. The van der Waals surface area contributed by atoms with Gasteiger partial charge in [0, 0.05) is 24.0 Å². The molecular weight excluding hydrogens is 298 g/mol. The summed E-state index contributed by atoms with van der Waals surface area (Å²) in [6, 6.07) is -0.461. The fourth-order valence-electron chi connectivity index (χ4n) is 1.38. The molecule has 0 spiro atoms. The van der Waals surface area contributed by atoms with E-state index in [1.165, 1.54) is 17.5 Å². The molecule has 1 aromatic heterocycles. The van der Waals surface area contributed by atoms with E-state index in [0.717, 1.165) is 0 Å². The van der Waals surface area contributed by atoms with Crippen molar-refractivity contribution in [2.75, 3.05) is 18.5 Å². The lowest BCUT2D eigenvalue weighted by Gasteiger charge is -2.03. The number of hydrogen-bond donors (Lipinski definition) is 3. The number of rotatable bonds is 8. The molecule has 0 aromatic carbocycles. The molecule has 21 heavy (non-hydrogen) atoms. The highest BCUT2D eigenvalue weighted by Crippen LogP contribution is 2.18. The van der Waals surface area contributed by atoms with E-state index in [4.69, 9.17) is 9.84 Å². The van der Waals surface area contributed by atoms with Crippen LogP contribution in [0, 0.1) is 0 Å². The first-order valence-corrected chi connectivity index (χ1v) is 7.20. The number of thiazole rings is 1. The minimum atomic E-state index is -0.902. The molecule has 9 heteroatoms. The zero-order chi connectivity index (χ0) is 15.7. The lowest BCUT2D eigenvalue weighted by Crippen LogP contribution is -2.29. The van der Waals surface area contributed by atoms with Crippen LogP contribution in [-0.4, -0.2) is 41.2 Å². The van der Waals surface area contributed by atoms with Gasteiger partial charge >= 0.3 is 18.0 Å². The second kappa shape index (κ2) is 8.90. The summed E-state index contributed by atoms with van der Waals surface area (Å²) in [4.78, 5) is 37.7. The maximum Gasteiger partial charge on any atom is 0.321 e. The molecule has 2 amide bonds. The third kappa shape index (κ3) is 7.25. The van der Waals surface area contributed by atoms with E-state index in [1.807, 2.05) is 0 Å². The Morgan fingerprint density at radius 1 is 1.43 bits per heavy atom. The zero-order valence-electron chi connectivity index (χ0n) is 11.5. The van der Waals surface area contributed by atoms with Crippen LogP contribution in [0.2, 0.25) is 0 Å². The summed E-state index contributed by atoms with van der Waals surface area (Å²) >= 11 is 1.18. The minimum Gasteiger partial charge on any atom is -0.481 e. The van der Waals surface area contributed by atoms with Gasteiger partial charge in [0.1, 0.15) is 0 Å². The molecule has 1 rings (SSSR count). The van der Waals surface area contributed by atoms with Crippen molar-refractivity contribution in [2.45, 2.75) is 26.2 Å². The van der Waals surface area contributed by atoms with Crippen molar-refractivity contribution in [1.29, 1.82) is 0 Å². The molecule has 0 atom stereocenters. The number of amides is 2. The third-order valence-electron chi connectivity index (χ3n) is 2.25. The Bertz CT molecular complexity index is 503. The largest absolute Gasteiger partial charge is 0.481 e. The van der Waals surface area contributed by atoms with E-state index in [2.05, 4.69) is 15.6 Å². The Morgan fingerprint density at radius 3 is 2.86 bits per heavy atom. The molecule has 116 valence electrons. The number of nitrogens with one attached hydrogen (secondary N) is 2. The highest BCUT2D eigenvalue weighted by atomic mass is 32.1. The predicted molar refractivity (Wildman–Crippen MR) is 76.3 cm³/mol. The average molecular weight is 315 g/mol. The number of carboxylic acid groups (broad SMARTS) is 1. The molecule has 0 radical (unpaired) electrons. The monoisotopic (exact) mass is 315 g/mol.